The highest BCUT2D eigenvalue weighted by atomic mass is 16.5. The molecule has 70 valence electrons. The van der Waals surface area contributed by atoms with Gasteiger partial charge in [0.05, 0.1) is 6.61 Å². The van der Waals surface area contributed by atoms with Crippen molar-refractivity contribution in [1.29, 1.82) is 0 Å². The molecule has 0 radical (unpaired) electrons. The van der Waals surface area contributed by atoms with Crippen molar-refractivity contribution < 1.29 is 4.74 Å². The lowest BCUT2D eigenvalue weighted by Crippen LogP contribution is -2.00. The molecule has 1 nitrogen and oxygen atoms in total. The van der Waals surface area contributed by atoms with Gasteiger partial charge in [-0.05, 0) is 27.2 Å². The van der Waals surface area contributed by atoms with Crippen LogP contribution in [0.4, 0.5) is 0 Å². The molecule has 0 aliphatic heterocycles. The van der Waals surface area contributed by atoms with Crippen molar-refractivity contribution in [2.45, 2.75) is 40.5 Å². The van der Waals surface area contributed by atoms with Gasteiger partial charge in [-0.25, -0.2) is 0 Å². The van der Waals surface area contributed by atoms with E-state index < -0.39 is 0 Å². The lowest BCUT2D eigenvalue weighted by Gasteiger charge is -2.06. The smallest absolute Gasteiger partial charge is 0.0575 e. The largest absolute Gasteiger partial charge is 0.380 e. The summed E-state index contributed by atoms with van der Waals surface area (Å²) in [4.78, 5) is 0. The molecular formula is C11H20O. The Kier molecular flexibility index (Phi) is 5.84. The summed E-state index contributed by atoms with van der Waals surface area (Å²) < 4.78 is 5.30. The number of hydrogen-bond acceptors (Lipinski definition) is 1. The van der Waals surface area contributed by atoms with Gasteiger partial charge in [0.25, 0.3) is 0 Å². The predicted octanol–water partition coefficient (Wildman–Crippen LogP) is 2.85. The molecule has 0 bridgehead atoms. The molecule has 0 amide bonds. The minimum absolute atomic E-state index is 0.130. The minimum Gasteiger partial charge on any atom is -0.380 e. The number of rotatable bonds is 4. The molecule has 1 heteroatoms. The molecule has 0 saturated heterocycles. The van der Waals surface area contributed by atoms with Gasteiger partial charge in [0, 0.05) is 18.4 Å². The Balaban J connectivity index is 3.34. The third kappa shape index (κ3) is 9.52. The van der Waals surface area contributed by atoms with Crippen molar-refractivity contribution >= 4 is 0 Å². The van der Waals surface area contributed by atoms with Crippen LogP contribution < -0.4 is 0 Å². The van der Waals surface area contributed by atoms with Crippen LogP contribution in [0.15, 0.2) is 0 Å². The van der Waals surface area contributed by atoms with E-state index in [2.05, 4.69) is 39.5 Å². The highest BCUT2D eigenvalue weighted by Crippen LogP contribution is 2.09. The zero-order chi connectivity index (χ0) is 9.45. The van der Waals surface area contributed by atoms with Gasteiger partial charge in [-0.1, -0.05) is 12.8 Å². The predicted molar refractivity (Wildman–Crippen MR) is 53.0 cm³/mol. The first-order chi connectivity index (χ1) is 5.56. The SMILES string of the molecule is CCCOCCC#CC(C)(C)C. The lowest BCUT2D eigenvalue weighted by molar-refractivity contribution is 0.140. The summed E-state index contributed by atoms with van der Waals surface area (Å²) in [6, 6.07) is 0. The van der Waals surface area contributed by atoms with E-state index in [1.165, 1.54) is 0 Å². The van der Waals surface area contributed by atoms with Crippen molar-refractivity contribution in [2.75, 3.05) is 13.2 Å². The Morgan fingerprint density at radius 2 is 1.83 bits per heavy atom. The zero-order valence-corrected chi connectivity index (χ0v) is 8.74. The summed E-state index contributed by atoms with van der Waals surface area (Å²) in [5, 5.41) is 0. The van der Waals surface area contributed by atoms with E-state index in [0.717, 1.165) is 26.1 Å². The number of ether oxygens (including phenoxy) is 1. The van der Waals surface area contributed by atoms with Gasteiger partial charge in [-0.15, -0.1) is 5.92 Å². The Morgan fingerprint density at radius 1 is 1.17 bits per heavy atom. The molecule has 0 heterocycles. The van der Waals surface area contributed by atoms with Gasteiger partial charge in [0.1, 0.15) is 0 Å². The molecule has 0 N–H and O–H groups in total. The molecule has 0 unspecified atom stereocenters. The summed E-state index contributed by atoms with van der Waals surface area (Å²) in [7, 11) is 0. The standard InChI is InChI=1S/C11H20O/c1-5-9-12-10-7-6-8-11(2,3)4/h5,7,9-10H2,1-4H3. The van der Waals surface area contributed by atoms with Crippen LogP contribution in [0.25, 0.3) is 0 Å². The Hall–Kier alpha value is -0.480. The summed E-state index contributed by atoms with van der Waals surface area (Å²) >= 11 is 0. The molecule has 0 atom stereocenters. The Bertz CT molecular complexity index is 154. The number of hydrogen-bond donors (Lipinski definition) is 0. The molecule has 0 rings (SSSR count). The summed E-state index contributed by atoms with van der Waals surface area (Å²) in [5.74, 6) is 6.28. The first kappa shape index (κ1) is 11.5. The maximum atomic E-state index is 5.30. The summed E-state index contributed by atoms with van der Waals surface area (Å²) in [5.41, 5.74) is 0.130. The fraction of sp³-hybridized carbons (Fsp3) is 0.818. The van der Waals surface area contributed by atoms with Crippen molar-refractivity contribution in [3.63, 3.8) is 0 Å². The second-order valence-corrected chi connectivity index (χ2v) is 3.91. The quantitative estimate of drug-likeness (QED) is 0.463. The van der Waals surface area contributed by atoms with Crippen molar-refractivity contribution in [2.24, 2.45) is 5.41 Å². The van der Waals surface area contributed by atoms with E-state index in [-0.39, 0.29) is 5.41 Å². The first-order valence-corrected chi connectivity index (χ1v) is 4.64. The first-order valence-electron chi connectivity index (χ1n) is 4.64. The highest BCUT2D eigenvalue weighted by Gasteiger charge is 2.02. The molecule has 0 fully saturated rings. The van der Waals surface area contributed by atoms with Crippen LogP contribution in [0.2, 0.25) is 0 Å². The van der Waals surface area contributed by atoms with Crippen LogP contribution in [0.1, 0.15) is 40.5 Å². The maximum Gasteiger partial charge on any atom is 0.0575 e. The van der Waals surface area contributed by atoms with E-state index in [1.807, 2.05) is 0 Å². The molecule has 0 spiro atoms. The fourth-order valence-corrected chi connectivity index (χ4v) is 0.697. The monoisotopic (exact) mass is 168 g/mol. The van der Waals surface area contributed by atoms with Gasteiger partial charge in [-0.3, -0.25) is 0 Å². The molecule has 0 saturated carbocycles. The van der Waals surface area contributed by atoms with E-state index in [0.29, 0.717) is 0 Å². The van der Waals surface area contributed by atoms with Crippen molar-refractivity contribution in [3.05, 3.63) is 0 Å². The molecule has 0 aliphatic rings. The Morgan fingerprint density at radius 3 is 2.33 bits per heavy atom. The molecule has 0 aliphatic carbocycles. The van der Waals surface area contributed by atoms with Gasteiger partial charge in [0.15, 0.2) is 0 Å². The minimum atomic E-state index is 0.130. The van der Waals surface area contributed by atoms with Gasteiger partial charge in [0.2, 0.25) is 0 Å². The fourth-order valence-electron chi connectivity index (χ4n) is 0.697. The van der Waals surface area contributed by atoms with Crippen LogP contribution in [0, 0.1) is 17.3 Å². The molecule has 0 aromatic heterocycles. The molecular weight excluding hydrogens is 148 g/mol. The molecule has 12 heavy (non-hydrogen) atoms. The average molecular weight is 168 g/mol. The van der Waals surface area contributed by atoms with E-state index in [9.17, 15) is 0 Å². The average Bonchev–Trinajstić information content (AvgIpc) is 1.94. The maximum absolute atomic E-state index is 5.30. The van der Waals surface area contributed by atoms with Crippen LogP contribution in [-0.2, 0) is 4.74 Å². The summed E-state index contributed by atoms with van der Waals surface area (Å²) in [6.45, 7) is 10.1. The second kappa shape index (κ2) is 6.08. The topological polar surface area (TPSA) is 9.23 Å². The van der Waals surface area contributed by atoms with Crippen LogP contribution in [0.3, 0.4) is 0 Å². The van der Waals surface area contributed by atoms with Gasteiger partial charge in [-0.2, -0.15) is 0 Å². The van der Waals surface area contributed by atoms with E-state index in [4.69, 9.17) is 4.74 Å². The van der Waals surface area contributed by atoms with Gasteiger partial charge < -0.3 is 4.74 Å². The third-order valence-corrected chi connectivity index (χ3v) is 1.18. The summed E-state index contributed by atoms with van der Waals surface area (Å²) in [6.07, 6.45) is 1.95. The van der Waals surface area contributed by atoms with Gasteiger partial charge >= 0.3 is 0 Å². The zero-order valence-electron chi connectivity index (χ0n) is 8.74. The lowest BCUT2D eigenvalue weighted by atomic mass is 9.98. The van der Waals surface area contributed by atoms with Crippen LogP contribution in [-0.4, -0.2) is 13.2 Å². The van der Waals surface area contributed by atoms with Crippen LogP contribution in [0.5, 0.6) is 0 Å². The normalized spacial score (nSPS) is 10.7. The molecule has 0 aromatic rings. The van der Waals surface area contributed by atoms with E-state index in [1.54, 1.807) is 0 Å². The van der Waals surface area contributed by atoms with Crippen molar-refractivity contribution in [1.82, 2.24) is 0 Å². The van der Waals surface area contributed by atoms with Crippen LogP contribution >= 0.6 is 0 Å². The molecule has 0 aromatic carbocycles. The third-order valence-electron chi connectivity index (χ3n) is 1.18. The van der Waals surface area contributed by atoms with E-state index >= 15 is 0 Å². The highest BCUT2D eigenvalue weighted by molar-refractivity contribution is 5.06. The van der Waals surface area contributed by atoms with Crippen molar-refractivity contribution in [3.8, 4) is 11.8 Å². The Labute approximate surface area is 76.5 Å². The second-order valence-electron chi connectivity index (χ2n) is 3.91.